The molecule has 2 atom stereocenters. The van der Waals surface area contributed by atoms with Gasteiger partial charge in [-0.25, -0.2) is 9.78 Å². The van der Waals surface area contributed by atoms with Crippen molar-refractivity contribution < 1.29 is 15.0 Å². The van der Waals surface area contributed by atoms with Crippen LogP contribution in [0.15, 0.2) is 24.5 Å². The normalized spacial score (nSPS) is 14.6. The number of aromatic nitrogens is 2. The molecular formula is C13H16N2O3. The van der Waals surface area contributed by atoms with Crippen molar-refractivity contribution in [2.75, 3.05) is 6.61 Å². The minimum Gasteiger partial charge on any atom is -0.478 e. The van der Waals surface area contributed by atoms with Crippen molar-refractivity contribution in [3.05, 3.63) is 30.1 Å². The number of carboxylic acids is 1. The third-order valence-electron chi connectivity index (χ3n) is 3.38. The number of hydrogen-bond acceptors (Lipinski definition) is 3. The number of fused-ring (bicyclic) bond motifs is 1. The summed E-state index contributed by atoms with van der Waals surface area (Å²) in [5.41, 5.74) is 1.47. The first-order chi connectivity index (χ1) is 8.56. The Bertz CT molecular complexity index is 577. The van der Waals surface area contributed by atoms with Gasteiger partial charge in [0, 0.05) is 12.6 Å². The molecular weight excluding hydrogens is 232 g/mol. The highest BCUT2D eigenvalue weighted by atomic mass is 16.4. The Balaban J connectivity index is 2.55. The van der Waals surface area contributed by atoms with E-state index in [4.69, 9.17) is 5.11 Å². The van der Waals surface area contributed by atoms with Crippen molar-refractivity contribution >= 4 is 17.0 Å². The monoisotopic (exact) mass is 248 g/mol. The Kier molecular flexibility index (Phi) is 3.34. The molecule has 2 rings (SSSR count). The standard InChI is InChI=1S/C13H16N2O3/c1-8(6-16)9(2)15-7-14-12-10(13(17)18)4-3-5-11(12)15/h3-5,7-9,16H,6H2,1-2H3,(H,17,18). The minimum atomic E-state index is -0.978. The van der Waals surface area contributed by atoms with E-state index in [1.807, 2.05) is 24.5 Å². The minimum absolute atomic E-state index is 0.0593. The summed E-state index contributed by atoms with van der Waals surface area (Å²) < 4.78 is 1.91. The molecule has 0 amide bonds. The Labute approximate surface area is 105 Å². The molecule has 0 aliphatic carbocycles. The van der Waals surface area contributed by atoms with Gasteiger partial charge in [-0.3, -0.25) is 0 Å². The number of aromatic carboxylic acids is 1. The van der Waals surface area contributed by atoms with Crippen LogP contribution < -0.4 is 0 Å². The van der Waals surface area contributed by atoms with Gasteiger partial charge in [0.25, 0.3) is 0 Å². The molecule has 1 heterocycles. The maximum absolute atomic E-state index is 11.1. The lowest BCUT2D eigenvalue weighted by molar-refractivity contribution is 0.0699. The number of nitrogens with zero attached hydrogens (tertiary/aromatic N) is 2. The molecule has 18 heavy (non-hydrogen) atoms. The maximum Gasteiger partial charge on any atom is 0.337 e. The van der Waals surface area contributed by atoms with Crippen LogP contribution >= 0.6 is 0 Å². The lowest BCUT2D eigenvalue weighted by Gasteiger charge is -2.20. The number of hydrogen-bond donors (Lipinski definition) is 2. The zero-order valence-corrected chi connectivity index (χ0v) is 10.4. The summed E-state index contributed by atoms with van der Waals surface area (Å²) >= 11 is 0. The molecule has 2 N–H and O–H groups in total. The molecule has 0 bridgehead atoms. The number of rotatable bonds is 4. The van der Waals surface area contributed by atoms with Crippen LogP contribution in [0, 0.1) is 5.92 Å². The maximum atomic E-state index is 11.1. The summed E-state index contributed by atoms with van der Waals surface area (Å²) in [6, 6.07) is 5.15. The summed E-state index contributed by atoms with van der Waals surface area (Å²) in [5.74, 6) is -0.899. The zero-order chi connectivity index (χ0) is 13.3. The summed E-state index contributed by atoms with van der Waals surface area (Å²) in [7, 11) is 0. The van der Waals surface area contributed by atoms with Crippen LogP contribution in [-0.4, -0.2) is 32.3 Å². The molecule has 0 spiro atoms. The Morgan fingerprint density at radius 3 is 2.78 bits per heavy atom. The molecule has 2 aromatic rings. The van der Waals surface area contributed by atoms with Gasteiger partial charge in [-0.15, -0.1) is 0 Å². The quantitative estimate of drug-likeness (QED) is 0.866. The van der Waals surface area contributed by atoms with E-state index in [1.54, 1.807) is 18.5 Å². The number of carboxylic acid groups (broad SMARTS) is 1. The first-order valence-corrected chi connectivity index (χ1v) is 5.86. The molecule has 0 saturated heterocycles. The first kappa shape index (κ1) is 12.6. The van der Waals surface area contributed by atoms with Crippen LogP contribution in [0.25, 0.3) is 11.0 Å². The average Bonchev–Trinajstić information content (AvgIpc) is 2.80. The molecule has 96 valence electrons. The van der Waals surface area contributed by atoms with E-state index >= 15 is 0 Å². The van der Waals surface area contributed by atoms with E-state index in [0.717, 1.165) is 5.52 Å². The van der Waals surface area contributed by atoms with E-state index in [1.165, 1.54) is 0 Å². The van der Waals surface area contributed by atoms with Gasteiger partial charge in [-0.1, -0.05) is 13.0 Å². The van der Waals surface area contributed by atoms with E-state index < -0.39 is 5.97 Å². The van der Waals surface area contributed by atoms with Crippen LogP contribution in [0.2, 0.25) is 0 Å². The molecule has 0 saturated carbocycles. The lowest BCUT2D eigenvalue weighted by Crippen LogP contribution is -2.16. The van der Waals surface area contributed by atoms with Crippen molar-refractivity contribution in [2.24, 2.45) is 5.92 Å². The number of aliphatic hydroxyl groups is 1. The second-order valence-corrected chi connectivity index (χ2v) is 4.53. The van der Waals surface area contributed by atoms with Gasteiger partial charge < -0.3 is 14.8 Å². The van der Waals surface area contributed by atoms with Gasteiger partial charge in [-0.05, 0) is 25.0 Å². The molecule has 5 nitrogen and oxygen atoms in total. The smallest absolute Gasteiger partial charge is 0.337 e. The van der Waals surface area contributed by atoms with Gasteiger partial charge in [0.1, 0.15) is 5.52 Å². The Hall–Kier alpha value is -1.88. The molecule has 2 unspecified atom stereocenters. The Morgan fingerprint density at radius 2 is 2.17 bits per heavy atom. The number of carbonyl (C=O) groups is 1. The van der Waals surface area contributed by atoms with Gasteiger partial charge in [0.05, 0.1) is 17.4 Å². The van der Waals surface area contributed by atoms with E-state index in [0.29, 0.717) is 5.52 Å². The van der Waals surface area contributed by atoms with Crippen LogP contribution in [0.5, 0.6) is 0 Å². The molecule has 1 aromatic carbocycles. The third-order valence-corrected chi connectivity index (χ3v) is 3.38. The van der Waals surface area contributed by atoms with Gasteiger partial charge >= 0.3 is 5.97 Å². The Morgan fingerprint density at radius 1 is 1.44 bits per heavy atom. The predicted molar refractivity (Wildman–Crippen MR) is 67.7 cm³/mol. The zero-order valence-electron chi connectivity index (χ0n) is 10.4. The fraction of sp³-hybridized carbons (Fsp3) is 0.385. The summed E-state index contributed by atoms with van der Waals surface area (Å²) in [5, 5.41) is 18.3. The second kappa shape index (κ2) is 4.78. The third kappa shape index (κ3) is 1.97. The highest BCUT2D eigenvalue weighted by Crippen LogP contribution is 2.24. The van der Waals surface area contributed by atoms with Crippen molar-refractivity contribution in [3.63, 3.8) is 0 Å². The molecule has 0 aliphatic rings. The predicted octanol–water partition coefficient (Wildman–Crippen LogP) is 1.92. The van der Waals surface area contributed by atoms with Crippen LogP contribution in [-0.2, 0) is 0 Å². The molecule has 5 heteroatoms. The van der Waals surface area contributed by atoms with Crippen molar-refractivity contribution in [2.45, 2.75) is 19.9 Å². The highest BCUT2D eigenvalue weighted by Gasteiger charge is 2.18. The van der Waals surface area contributed by atoms with Crippen molar-refractivity contribution in [3.8, 4) is 0 Å². The topological polar surface area (TPSA) is 75.3 Å². The van der Waals surface area contributed by atoms with Crippen molar-refractivity contribution in [1.82, 2.24) is 9.55 Å². The van der Waals surface area contributed by atoms with E-state index in [9.17, 15) is 9.90 Å². The molecule has 0 fully saturated rings. The van der Waals surface area contributed by atoms with Crippen LogP contribution in [0.4, 0.5) is 0 Å². The fourth-order valence-corrected chi connectivity index (χ4v) is 1.98. The van der Waals surface area contributed by atoms with Crippen molar-refractivity contribution in [1.29, 1.82) is 0 Å². The lowest BCUT2D eigenvalue weighted by atomic mass is 10.0. The SMILES string of the molecule is CC(CO)C(C)n1cnc2c(C(=O)O)cccc21. The molecule has 0 aliphatic heterocycles. The average molecular weight is 248 g/mol. The number of benzene rings is 1. The molecule has 1 aromatic heterocycles. The first-order valence-electron chi connectivity index (χ1n) is 5.86. The van der Waals surface area contributed by atoms with Gasteiger partial charge in [0.15, 0.2) is 0 Å². The number of aliphatic hydroxyl groups excluding tert-OH is 1. The fourth-order valence-electron chi connectivity index (χ4n) is 1.98. The van der Waals surface area contributed by atoms with E-state index in [2.05, 4.69) is 4.98 Å². The highest BCUT2D eigenvalue weighted by molar-refractivity contribution is 6.00. The van der Waals surface area contributed by atoms with Crippen LogP contribution in [0.1, 0.15) is 30.2 Å². The summed E-state index contributed by atoms with van der Waals surface area (Å²) in [6.07, 6.45) is 1.63. The largest absolute Gasteiger partial charge is 0.478 e. The summed E-state index contributed by atoms with van der Waals surface area (Å²) in [4.78, 5) is 15.3. The van der Waals surface area contributed by atoms with Gasteiger partial charge in [0.2, 0.25) is 0 Å². The van der Waals surface area contributed by atoms with E-state index in [-0.39, 0.29) is 24.1 Å². The molecule has 0 radical (unpaired) electrons. The second-order valence-electron chi connectivity index (χ2n) is 4.53. The number of para-hydroxylation sites is 1. The summed E-state index contributed by atoms with van der Waals surface area (Å²) in [6.45, 7) is 4.01. The number of imidazole rings is 1. The van der Waals surface area contributed by atoms with Gasteiger partial charge in [-0.2, -0.15) is 0 Å². The van der Waals surface area contributed by atoms with Crippen LogP contribution in [0.3, 0.4) is 0 Å².